The molecule has 35 heavy (non-hydrogen) atoms. The van der Waals surface area contributed by atoms with Crippen LogP contribution in [0.1, 0.15) is 12.8 Å². The monoisotopic (exact) mass is 471 g/mol. The predicted molar refractivity (Wildman–Crippen MR) is 136 cm³/mol. The van der Waals surface area contributed by atoms with Gasteiger partial charge in [-0.3, -0.25) is 4.90 Å². The van der Waals surface area contributed by atoms with Gasteiger partial charge in [0.2, 0.25) is 5.88 Å². The Hall–Kier alpha value is -3.65. The molecule has 0 saturated carbocycles. The lowest BCUT2D eigenvalue weighted by molar-refractivity contribution is 0.114. The van der Waals surface area contributed by atoms with Gasteiger partial charge in [0.25, 0.3) is 0 Å². The normalized spacial score (nSPS) is 20.6. The first-order valence-electron chi connectivity index (χ1n) is 12.1. The van der Waals surface area contributed by atoms with Crippen LogP contribution in [0.5, 0.6) is 17.4 Å². The summed E-state index contributed by atoms with van der Waals surface area (Å²) in [4.78, 5) is 9.70. The van der Waals surface area contributed by atoms with E-state index in [-0.39, 0.29) is 12.1 Å². The number of methoxy groups -OCH3 is 2. The van der Waals surface area contributed by atoms with E-state index in [4.69, 9.17) is 19.2 Å². The number of ether oxygens (including phenoxy) is 3. The molecule has 0 amide bonds. The molecule has 180 valence electrons. The van der Waals surface area contributed by atoms with Crippen LogP contribution >= 0.6 is 0 Å². The molecule has 8 nitrogen and oxygen atoms in total. The highest BCUT2D eigenvalue weighted by molar-refractivity contribution is 5.93. The van der Waals surface area contributed by atoms with Gasteiger partial charge in [0.15, 0.2) is 11.5 Å². The molecule has 4 heterocycles. The molecule has 0 radical (unpaired) electrons. The number of fused-ring (bicyclic) bond motifs is 2. The topological polar surface area (TPSA) is 72.8 Å². The summed E-state index contributed by atoms with van der Waals surface area (Å²) in [7, 11) is 3.28. The van der Waals surface area contributed by atoms with Gasteiger partial charge in [-0.1, -0.05) is 18.2 Å². The lowest BCUT2D eigenvalue weighted by Gasteiger charge is -2.28. The molecule has 2 atom stereocenters. The minimum atomic E-state index is -0.00915. The van der Waals surface area contributed by atoms with Gasteiger partial charge in [0.1, 0.15) is 6.10 Å². The second-order valence-corrected chi connectivity index (χ2v) is 9.17. The molecule has 2 aromatic heterocycles. The summed E-state index contributed by atoms with van der Waals surface area (Å²) in [5.41, 5.74) is 2.75. The number of para-hydroxylation sites is 1. The van der Waals surface area contributed by atoms with E-state index in [1.807, 2.05) is 42.6 Å². The van der Waals surface area contributed by atoms with E-state index in [2.05, 4.69) is 32.1 Å². The first-order chi connectivity index (χ1) is 17.2. The van der Waals surface area contributed by atoms with Crippen LogP contribution in [0.15, 0.2) is 54.7 Å². The number of aromatic nitrogens is 3. The van der Waals surface area contributed by atoms with E-state index in [0.717, 1.165) is 53.7 Å². The van der Waals surface area contributed by atoms with E-state index in [0.29, 0.717) is 17.4 Å². The Morgan fingerprint density at radius 1 is 0.886 bits per heavy atom. The Bertz CT molecular complexity index is 1360. The Kier molecular flexibility index (Phi) is 5.74. The Labute approximate surface area is 204 Å². The van der Waals surface area contributed by atoms with Crippen molar-refractivity contribution >= 4 is 27.5 Å². The number of likely N-dealkylation sites (tertiary alicyclic amines) is 1. The van der Waals surface area contributed by atoms with Gasteiger partial charge in [0, 0.05) is 29.4 Å². The Balaban J connectivity index is 1.34. The van der Waals surface area contributed by atoms with E-state index >= 15 is 0 Å². The summed E-state index contributed by atoms with van der Waals surface area (Å²) in [6.07, 6.45) is 4.29. The molecular formula is C27H29N5O3. The van der Waals surface area contributed by atoms with Crippen molar-refractivity contribution in [3.05, 3.63) is 54.7 Å². The van der Waals surface area contributed by atoms with Crippen LogP contribution in [0.2, 0.25) is 0 Å². The van der Waals surface area contributed by atoms with Gasteiger partial charge in [-0.15, -0.1) is 0 Å². The quantitative estimate of drug-likeness (QED) is 0.419. The maximum absolute atomic E-state index is 6.58. The largest absolute Gasteiger partial charge is 0.493 e. The van der Waals surface area contributed by atoms with Crippen molar-refractivity contribution in [3.8, 4) is 17.4 Å². The lowest BCUT2D eigenvalue weighted by atomic mass is 10.1. The van der Waals surface area contributed by atoms with E-state index in [1.54, 1.807) is 14.2 Å². The molecule has 2 fully saturated rings. The third-order valence-electron chi connectivity index (χ3n) is 7.16. The lowest BCUT2D eigenvalue weighted by Crippen LogP contribution is -2.44. The summed E-state index contributed by atoms with van der Waals surface area (Å²) in [6.45, 7) is 3.80. The fourth-order valence-electron chi connectivity index (χ4n) is 5.38. The summed E-state index contributed by atoms with van der Waals surface area (Å²) >= 11 is 0. The van der Waals surface area contributed by atoms with Crippen LogP contribution in [-0.2, 0) is 0 Å². The first-order valence-corrected chi connectivity index (χ1v) is 12.1. The zero-order chi connectivity index (χ0) is 23.8. The van der Waals surface area contributed by atoms with Crippen LogP contribution in [0.4, 0.5) is 5.69 Å². The molecule has 4 aromatic rings. The Morgan fingerprint density at radius 2 is 1.69 bits per heavy atom. The molecule has 2 unspecified atom stereocenters. The highest BCUT2D eigenvalue weighted by atomic mass is 16.5. The van der Waals surface area contributed by atoms with Gasteiger partial charge in [-0.2, -0.15) is 10.2 Å². The number of anilines is 1. The number of pyridine rings is 1. The summed E-state index contributed by atoms with van der Waals surface area (Å²) in [6, 6.07) is 16.3. The molecule has 8 heteroatoms. The third-order valence-corrected chi connectivity index (χ3v) is 7.16. The van der Waals surface area contributed by atoms with E-state index in [9.17, 15) is 0 Å². The maximum atomic E-state index is 6.58. The van der Waals surface area contributed by atoms with Crippen LogP contribution < -0.4 is 19.1 Å². The van der Waals surface area contributed by atoms with Gasteiger partial charge < -0.3 is 19.1 Å². The fraction of sp³-hybridized carbons (Fsp3) is 0.370. The first kappa shape index (κ1) is 21.9. The number of hydrogen-bond acceptors (Lipinski definition) is 8. The van der Waals surface area contributed by atoms with E-state index < -0.39 is 0 Å². The zero-order valence-corrected chi connectivity index (χ0v) is 20.1. The molecule has 2 saturated heterocycles. The molecule has 0 spiro atoms. The standard InChI is InChI=1S/C27H29N5O3/c1-33-24-13-19-21(14-25(24)34-2)30-28-15-22(19)32-16-23(31-11-5-6-12-31)26(17-32)35-27-10-9-18-7-3-4-8-20(18)29-27/h3-4,7-10,13-15,23,26H,5-6,11-12,16-17H2,1-2H3. The minimum Gasteiger partial charge on any atom is -0.493 e. The average Bonchev–Trinajstić information content (AvgIpc) is 3.57. The van der Waals surface area contributed by atoms with Crippen molar-refractivity contribution in [2.75, 3.05) is 45.3 Å². The molecule has 2 aliphatic heterocycles. The average molecular weight is 472 g/mol. The van der Waals surface area contributed by atoms with Crippen LogP contribution in [-0.4, -0.2) is 72.6 Å². The second-order valence-electron chi connectivity index (χ2n) is 9.17. The summed E-state index contributed by atoms with van der Waals surface area (Å²) in [5.74, 6) is 1.99. The van der Waals surface area contributed by atoms with Crippen molar-refractivity contribution in [2.45, 2.75) is 25.0 Å². The second kappa shape index (κ2) is 9.19. The summed E-state index contributed by atoms with van der Waals surface area (Å²) in [5, 5.41) is 10.7. The van der Waals surface area contributed by atoms with Crippen molar-refractivity contribution in [2.24, 2.45) is 0 Å². The van der Waals surface area contributed by atoms with Gasteiger partial charge >= 0.3 is 0 Å². The van der Waals surface area contributed by atoms with Crippen LogP contribution in [0.3, 0.4) is 0 Å². The molecule has 2 aromatic carbocycles. The third kappa shape index (κ3) is 4.08. The van der Waals surface area contributed by atoms with Crippen molar-refractivity contribution in [1.82, 2.24) is 20.1 Å². The number of hydrogen-bond donors (Lipinski definition) is 0. The van der Waals surface area contributed by atoms with Crippen molar-refractivity contribution in [1.29, 1.82) is 0 Å². The molecule has 6 rings (SSSR count). The molecule has 0 bridgehead atoms. The van der Waals surface area contributed by atoms with Crippen molar-refractivity contribution < 1.29 is 14.2 Å². The zero-order valence-electron chi connectivity index (χ0n) is 20.1. The maximum Gasteiger partial charge on any atom is 0.214 e. The van der Waals surface area contributed by atoms with Crippen LogP contribution in [0.25, 0.3) is 21.8 Å². The van der Waals surface area contributed by atoms with E-state index in [1.165, 1.54) is 12.8 Å². The van der Waals surface area contributed by atoms with Crippen molar-refractivity contribution in [3.63, 3.8) is 0 Å². The highest BCUT2D eigenvalue weighted by Gasteiger charge is 2.40. The minimum absolute atomic E-state index is 0.00915. The predicted octanol–water partition coefficient (Wildman–Crippen LogP) is 3.93. The number of benzene rings is 2. The highest BCUT2D eigenvalue weighted by Crippen LogP contribution is 2.37. The van der Waals surface area contributed by atoms with Gasteiger partial charge in [-0.25, -0.2) is 4.98 Å². The molecule has 0 N–H and O–H groups in total. The van der Waals surface area contributed by atoms with Gasteiger partial charge in [0.05, 0.1) is 49.7 Å². The number of nitrogens with zero attached hydrogens (tertiary/aromatic N) is 5. The summed E-state index contributed by atoms with van der Waals surface area (Å²) < 4.78 is 17.6. The molecule has 0 aliphatic carbocycles. The molecule has 2 aliphatic rings. The smallest absolute Gasteiger partial charge is 0.214 e. The molecular weight excluding hydrogens is 442 g/mol. The Morgan fingerprint density at radius 3 is 2.51 bits per heavy atom. The SMILES string of the molecule is COc1cc2nncc(N3CC(Oc4ccc5ccccc5n4)C(N4CCCC4)C3)c2cc1OC. The number of rotatable bonds is 6. The fourth-order valence-corrected chi connectivity index (χ4v) is 5.38. The van der Waals surface area contributed by atoms with Crippen LogP contribution in [0, 0.1) is 0 Å². The van der Waals surface area contributed by atoms with Gasteiger partial charge in [-0.05, 0) is 44.1 Å².